The number of nitrogens with zero attached hydrogens (tertiary/aromatic N) is 6. The Kier molecular flexibility index (Phi) is 8.54. The first-order valence-corrected chi connectivity index (χ1v) is 18.9. The average molecular weight is 746 g/mol. The molecule has 0 aliphatic carbocycles. The molecule has 6 heterocycles. The van der Waals surface area contributed by atoms with Crippen molar-refractivity contribution in [2.24, 2.45) is 7.05 Å². The van der Waals surface area contributed by atoms with Crippen LogP contribution in [-0.4, -0.2) is 62.6 Å². The standard InChI is InChI=1S/C42H41F2N7O4/c1-24-17-33-34(47(2)41(24)54)6-3-7-35(33)49-14-4-5-25-19-31(32(39(43)44)20-37(25)49)27-21-45-51(23-27)28-12-15-48(16-13-28)29-8-9-30-26(18-29)22-50(42(30)55)36-10-11-38(52)46-40(36)53/h3,6-9,17-21,23,28,36,39H,4-5,10-16,22H2,1-2H3,(H,46,52,53)/t36-/m0/s1. The lowest BCUT2D eigenvalue weighted by Crippen LogP contribution is -2.52. The van der Waals surface area contributed by atoms with Gasteiger partial charge in [-0.15, -0.1) is 0 Å². The van der Waals surface area contributed by atoms with Crippen LogP contribution in [0, 0.1) is 6.92 Å². The van der Waals surface area contributed by atoms with Crippen LogP contribution in [-0.2, 0) is 29.6 Å². The number of carbonyl (C=O) groups excluding carboxylic acids is 3. The number of rotatable bonds is 6. The summed E-state index contributed by atoms with van der Waals surface area (Å²) < 4.78 is 33.3. The van der Waals surface area contributed by atoms with Gasteiger partial charge in [0.1, 0.15) is 6.04 Å². The van der Waals surface area contributed by atoms with E-state index in [9.17, 15) is 28.0 Å². The van der Waals surface area contributed by atoms with Crippen molar-refractivity contribution in [2.45, 2.75) is 70.5 Å². The SMILES string of the molecule is Cc1cc2c(N3CCCc4cc(-c5cnn(C6CCN(c7ccc8c(c7)CN([C@H]7CCC(=O)NC7=O)C8=O)CC6)c5)c(C(F)F)cc43)cccc2n(C)c1=O. The maximum absolute atomic E-state index is 14.9. The molecule has 4 aliphatic rings. The number of anilines is 3. The van der Waals surface area contributed by atoms with Crippen LogP contribution in [0.15, 0.2) is 71.8 Å². The molecule has 0 unspecified atom stereocenters. The molecule has 0 bridgehead atoms. The Morgan fingerprint density at radius 2 is 1.69 bits per heavy atom. The lowest BCUT2D eigenvalue weighted by molar-refractivity contribution is -0.136. The van der Waals surface area contributed by atoms with Gasteiger partial charge in [0.25, 0.3) is 17.9 Å². The molecular weight excluding hydrogens is 705 g/mol. The summed E-state index contributed by atoms with van der Waals surface area (Å²) in [5.74, 6) is -0.923. The predicted molar refractivity (Wildman–Crippen MR) is 205 cm³/mol. The third-order valence-electron chi connectivity index (χ3n) is 11.9. The third-order valence-corrected chi connectivity index (χ3v) is 11.9. The number of fused-ring (bicyclic) bond motifs is 3. The Morgan fingerprint density at radius 3 is 2.47 bits per heavy atom. The highest BCUT2D eigenvalue weighted by molar-refractivity contribution is 6.05. The summed E-state index contributed by atoms with van der Waals surface area (Å²) >= 11 is 0. The van der Waals surface area contributed by atoms with E-state index in [2.05, 4.69) is 20.2 Å². The van der Waals surface area contributed by atoms with E-state index < -0.39 is 18.4 Å². The molecule has 9 rings (SSSR count). The predicted octanol–water partition coefficient (Wildman–Crippen LogP) is 6.33. The topological polar surface area (TPSA) is 113 Å². The van der Waals surface area contributed by atoms with E-state index in [1.165, 1.54) is 0 Å². The molecule has 2 fully saturated rings. The van der Waals surface area contributed by atoms with Gasteiger partial charge in [0.2, 0.25) is 11.8 Å². The van der Waals surface area contributed by atoms with Gasteiger partial charge >= 0.3 is 0 Å². The summed E-state index contributed by atoms with van der Waals surface area (Å²) in [5, 5.41) is 7.94. The van der Waals surface area contributed by atoms with E-state index in [1.54, 1.807) is 35.7 Å². The normalized spacial score (nSPS) is 19.0. The number of pyridine rings is 1. The monoisotopic (exact) mass is 745 g/mol. The average Bonchev–Trinajstić information content (AvgIpc) is 3.81. The summed E-state index contributed by atoms with van der Waals surface area (Å²) in [4.78, 5) is 55.9. The van der Waals surface area contributed by atoms with Crippen LogP contribution in [0.1, 0.15) is 77.2 Å². The summed E-state index contributed by atoms with van der Waals surface area (Å²) in [5.41, 5.74) is 7.62. The fourth-order valence-electron chi connectivity index (χ4n) is 9.02. The summed E-state index contributed by atoms with van der Waals surface area (Å²) in [6, 6.07) is 16.5. The number of aryl methyl sites for hydroxylation is 3. The van der Waals surface area contributed by atoms with Gasteiger partial charge in [0, 0.05) is 84.9 Å². The van der Waals surface area contributed by atoms with E-state index >= 15 is 0 Å². The van der Waals surface area contributed by atoms with Crippen LogP contribution < -0.4 is 20.7 Å². The second-order valence-electron chi connectivity index (χ2n) is 15.2. The number of halogens is 2. The first-order chi connectivity index (χ1) is 26.5. The van der Waals surface area contributed by atoms with E-state index in [0.29, 0.717) is 41.8 Å². The van der Waals surface area contributed by atoms with Crippen molar-refractivity contribution in [1.82, 2.24) is 24.6 Å². The Labute approximate surface area is 316 Å². The van der Waals surface area contributed by atoms with Gasteiger partial charge in [-0.3, -0.25) is 29.2 Å². The van der Waals surface area contributed by atoms with Gasteiger partial charge < -0.3 is 19.3 Å². The zero-order valence-electron chi connectivity index (χ0n) is 30.7. The molecule has 4 aliphatic heterocycles. The quantitative estimate of drug-likeness (QED) is 0.202. The van der Waals surface area contributed by atoms with Crippen LogP contribution >= 0.6 is 0 Å². The number of piperidine rings is 2. The molecule has 13 heteroatoms. The number of alkyl halides is 2. The number of benzene rings is 3. The molecule has 0 spiro atoms. The van der Waals surface area contributed by atoms with Gasteiger partial charge in [-0.1, -0.05) is 6.07 Å². The van der Waals surface area contributed by atoms with Crippen LogP contribution in [0.4, 0.5) is 25.8 Å². The van der Waals surface area contributed by atoms with Gasteiger partial charge in [-0.25, -0.2) is 8.78 Å². The number of carbonyl (C=O) groups is 3. The number of hydrogen-bond donors (Lipinski definition) is 1. The Bertz CT molecular complexity index is 2470. The van der Waals surface area contributed by atoms with Crippen LogP contribution in [0.5, 0.6) is 0 Å². The summed E-state index contributed by atoms with van der Waals surface area (Å²) in [7, 11) is 1.76. The molecule has 1 N–H and O–H groups in total. The van der Waals surface area contributed by atoms with Crippen molar-refractivity contribution in [3.63, 3.8) is 0 Å². The van der Waals surface area contributed by atoms with E-state index in [4.69, 9.17) is 0 Å². The Balaban J connectivity index is 0.927. The zero-order valence-corrected chi connectivity index (χ0v) is 30.7. The minimum absolute atomic E-state index is 0.0323. The Morgan fingerprint density at radius 1 is 0.873 bits per heavy atom. The van der Waals surface area contributed by atoms with E-state index in [1.807, 2.05) is 59.4 Å². The largest absolute Gasteiger partial charge is 0.371 e. The lowest BCUT2D eigenvalue weighted by Gasteiger charge is -2.34. The van der Waals surface area contributed by atoms with Crippen molar-refractivity contribution in [3.05, 3.63) is 105 Å². The molecule has 2 saturated heterocycles. The fourth-order valence-corrected chi connectivity index (χ4v) is 9.02. The maximum Gasteiger partial charge on any atom is 0.264 e. The van der Waals surface area contributed by atoms with Crippen LogP contribution in [0.3, 0.4) is 0 Å². The fraction of sp³-hybridized carbons (Fsp3) is 0.357. The molecule has 3 amide bonds. The Hall–Kier alpha value is -5.85. The number of amides is 3. The van der Waals surface area contributed by atoms with Crippen LogP contribution in [0.25, 0.3) is 22.0 Å². The highest BCUT2D eigenvalue weighted by Gasteiger charge is 2.39. The minimum atomic E-state index is -2.69. The number of aromatic nitrogens is 3. The van der Waals surface area contributed by atoms with Crippen LogP contribution in [0.2, 0.25) is 0 Å². The molecule has 2 aromatic heterocycles. The number of nitrogens with one attached hydrogen (secondary N) is 1. The highest BCUT2D eigenvalue weighted by atomic mass is 19.3. The first-order valence-electron chi connectivity index (χ1n) is 18.9. The van der Waals surface area contributed by atoms with Crippen molar-refractivity contribution >= 4 is 45.7 Å². The van der Waals surface area contributed by atoms with Gasteiger partial charge in [0.15, 0.2) is 0 Å². The molecular formula is C42H41F2N7O4. The second-order valence-corrected chi connectivity index (χ2v) is 15.2. The van der Waals surface area contributed by atoms with Gasteiger partial charge in [0.05, 0.1) is 23.4 Å². The lowest BCUT2D eigenvalue weighted by atomic mass is 9.92. The summed E-state index contributed by atoms with van der Waals surface area (Å²) in [6.07, 6.45) is 4.67. The maximum atomic E-state index is 14.9. The molecule has 0 saturated carbocycles. The van der Waals surface area contributed by atoms with Crippen molar-refractivity contribution in [1.29, 1.82) is 0 Å². The van der Waals surface area contributed by atoms with Crippen molar-refractivity contribution in [2.75, 3.05) is 29.4 Å². The number of imide groups is 1. The molecule has 3 aromatic carbocycles. The second kappa shape index (κ2) is 13.5. The van der Waals surface area contributed by atoms with E-state index in [0.717, 1.165) is 77.9 Å². The molecule has 5 aromatic rings. The molecule has 55 heavy (non-hydrogen) atoms. The van der Waals surface area contributed by atoms with Gasteiger partial charge in [-0.2, -0.15) is 5.10 Å². The first kappa shape index (κ1) is 34.9. The summed E-state index contributed by atoms with van der Waals surface area (Å²) in [6.45, 7) is 4.31. The highest BCUT2D eigenvalue weighted by Crippen LogP contribution is 2.43. The molecule has 0 radical (unpaired) electrons. The van der Waals surface area contributed by atoms with E-state index in [-0.39, 0.29) is 35.4 Å². The molecule has 282 valence electrons. The zero-order chi connectivity index (χ0) is 38.1. The van der Waals surface area contributed by atoms with Crippen molar-refractivity contribution in [3.8, 4) is 11.1 Å². The molecule has 1 atom stereocenters. The van der Waals surface area contributed by atoms with Crippen molar-refractivity contribution < 1.29 is 23.2 Å². The smallest absolute Gasteiger partial charge is 0.264 e. The molecule has 11 nitrogen and oxygen atoms in total. The van der Waals surface area contributed by atoms with Gasteiger partial charge in [-0.05, 0) is 104 Å². The number of hydrogen-bond acceptors (Lipinski definition) is 7. The third kappa shape index (κ3) is 5.96. The minimum Gasteiger partial charge on any atom is -0.371 e.